The van der Waals surface area contributed by atoms with Crippen molar-refractivity contribution < 1.29 is 18.7 Å². The highest BCUT2D eigenvalue weighted by molar-refractivity contribution is 6.00. The topological polar surface area (TPSA) is 94.3 Å². The van der Waals surface area contributed by atoms with Crippen LogP contribution in [0.3, 0.4) is 0 Å². The lowest BCUT2D eigenvalue weighted by atomic mass is 9.99. The first kappa shape index (κ1) is 18.2. The van der Waals surface area contributed by atoms with Crippen molar-refractivity contribution in [2.75, 3.05) is 19.7 Å². The van der Waals surface area contributed by atoms with Crippen LogP contribution in [0.15, 0.2) is 30.3 Å². The second-order valence-electron chi connectivity index (χ2n) is 6.27. The van der Waals surface area contributed by atoms with Crippen LogP contribution in [0.4, 0.5) is 4.39 Å². The van der Waals surface area contributed by atoms with Gasteiger partial charge < -0.3 is 15.8 Å². The summed E-state index contributed by atoms with van der Waals surface area (Å²) in [5.41, 5.74) is 7.15. The molecular formula is C19H20FN3O3. The van der Waals surface area contributed by atoms with Crippen LogP contribution in [-0.4, -0.2) is 36.4 Å². The maximum Gasteiger partial charge on any atom is 0.267 e. The zero-order chi connectivity index (χ0) is 18.7. The van der Waals surface area contributed by atoms with E-state index in [2.05, 4.69) is 10.3 Å². The van der Waals surface area contributed by atoms with Gasteiger partial charge in [-0.05, 0) is 30.7 Å². The van der Waals surface area contributed by atoms with Gasteiger partial charge in [0.15, 0.2) is 5.78 Å². The molecular weight excluding hydrogens is 337 g/mol. The van der Waals surface area contributed by atoms with Gasteiger partial charge in [-0.2, -0.15) is 0 Å². The van der Waals surface area contributed by atoms with Crippen molar-refractivity contribution in [3.05, 3.63) is 64.2 Å². The number of pyridine rings is 1. The van der Waals surface area contributed by atoms with E-state index in [0.29, 0.717) is 35.5 Å². The first-order valence-electron chi connectivity index (χ1n) is 8.36. The largest absolute Gasteiger partial charge is 0.371 e. The van der Waals surface area contributed by atoms with Gasteiger partial charge in [-0.3, -0.25) is 9.59 Å². The summed E-state index contributed by atoms with van der Waals surface area (Å²) in [5.74, 6) is -1.33. The van der Waals surface area contributed by atoms with E-state index in [1.165, 1.54) is 12.1 Å². The second-order valence-corrected chi connectivity index (χ2v) is 6.27. The SMILES string of the molecule is Cc1cc(C(=O)Cc2ccc([C@H]3CNCCO3)c(F)c2)cc(C(N)=O)n1. The Morgan fingerprint density at radius 2 is 2.15 bits per heavy atom. The van der Waals surface area contributed by atoms with Crippen molar-refractivity contribution >= 4 is 11.7 Å². The number of hydrogen-bond acceptors (Lipinski definition) is 5. The highest BCUT2D eigenvalue weighted by Gasteiger charge is 2.20. The van der Waals surface area contributed by atoms with E-state index >= 15 is 0 Å². The lowest BCUT2D eigenvalue weighted by Crippen LogP contribution is -2.33. The van der Waals surface area contributed by atoms with E-state index in [9.17, 15) is 14.0 Å². The molecule has 0 saturated carbocycles. The van der Waals surface area contributed by atoms with Gasteiger partial charge in [0, 0.05) is 36.3 Å². The number of rotatable bonds is 5. The molecule has 1 atom stereocenters. The molecule has 7 heteroatoms. The molecule has 136 valence electrons. The number of Topliss-reactive ketones (excluding diaryl/α,β-unsaturated/α-hetero) is 1. The van der Waals surface area contributed by atoms with Crippen molar-refractivity contribution in [2.24, 2.45) is 5.73 Å². The van der Waals surface area contributed by atoms with E-state index in [1.54, 1.807) is 25.1 Å². The molecule has 1 amide bonds. The summed E-state index contributed by atoms with van der Waals surface area (Å²) in [5, 5.41) is 3.16. The van der Waals surface area contributed by atoms with Crippen molar-refractivity contribution in [2.45, 2.75) is 19.4 Å². The van der Waals surface area contributed by atoms with Crippen molar-refractivity contribution in [1.29, 1.82) is 0 Å². The third-order valence-electron chi connectivity index (χ3n) is 4.23. The Balaban J connectivity index is 1.77. The molecule has 26 heavy (non-hydrogen) atoms. The molecule has 1 aromatic carbocycles. The zero-order valence-electron chi connectivity index (χ0n) is 14.4. The summed E-state index contributed by atoms with van der Waals surface area (Å²) in [4.78, 5) is 27.8. The molecule has 2 heterocycles. The quantitative estimate of drug-likeness (QED) is 0.795. The summed E-state index contributed by atoms with van der Waals surface area (Å²) >= 11 is 0. The van der Waals surface area contributed by atoms with E-state index in [0.717, 1.165) is 6.54 Å². The molecule has 1 aliphatic rings. The first-order valence-corrected chi connectivity index (χ1v) is 8.36. The van der Waals surface area contributed by atoms with Crippen LogP contribution in [0.5, 0.6) is 0 Å². The van der Waals surface area contributed by atoms with Crippen LogP contribution in [0.25, 0.3) is 0 Å². The van der Waals surface area contributed by atoms with Crippen molar-refractivity contribution in [1.82, 2.24) is 10.3 Å². The summed E-state index contributed by atoms with van der Waals surface area (Å²) in [6, 6.07) is 7.68. The highest BCUT2D eigenvalue weighted by Crippen LogP contribution is 2.23. The summed E-state index contributed by atoms with van der Waals surface area (Å²) in [6.07, 6.45) is -0.308. The third-order valence-corrected chi connectivity index (χ3v) is 4.23. The van der Waals surface area contributed by atoms with Crippen LogP contribution >= 0.6 is 0 Å². The van der Waals surface area contributed by atoms with E-state index in [1.807, 2.05) is 0 Å². The van der Waals surface area contributed by atoms with Gasteiger partial charge in [-0.1, -0.05) is 12.1 Å². The van der Waals surface area contributed by atoms with Gasteiger partial charge >= 0.3 is 0 Å². The Bertz CT molecular complexity index is 848. The molecule has 1 fully saturated rings. The molecule has 1 saturated heterocycles. The van der Waals surface area contributed by atoms with Crippen molar-refractivity contribution in [3.8, 4) is 0 Å². The number of ether oxygens (including phenoxy) is 1. The fraction of sp³-hybridized carbons (Fsp3) is 0.316. The van der Waals surface area contributed by atoms with Crippen molar-refractivity contribution in [3.63, 3.8) is 0 Å². The second kappa shape index (κ2) is 7.72. The van der Waals surface area contributed by atoms with Crippen LogP contribution in [0, 0.1) is 12.7 Å². The Hall–Kier alpha value is -2.64. The predicted octanol–water partition coefficient (Wildman–Crippen LogP) is 1.71. The summed E-state index contributed by atoms with van der Waals surface area (Å²) < 4.78 is 20.0. The number of hydrogen-bond donors (Lipinski definition) is 2. The maximum atomic E-state index is 14.4. The lowest BCUT2D eigenvalue weighted by molar-refractivity contribution is 0.0255. The molecule has 6 nitrogen and oxygen atoms in total. The number of aromatic nitrogens is 1. The average molecular weight is 357 g/mol. The number of benzene rings is 1. The molecule has 0 unspecified atom stereocenters. The number of ketones is 1. The molecule has 3 N–H and O–H groups in total. The Labute approximate surface area is 150 Å². The number of aryl methyl sites for hydroxylation is 1. The molecule has 3 rings (SSSR count). The number of carbonyl (C=O) groups is 2. The summed E-state index contributed by atoms with van der Waals surface area (Å²) in [6.45, 7) is 3.52. The Morgan fingerprint density at radius 1 is 1.35 bits per heavy atom. The van der Waals surface area contributed by atoms with Gasteiger partial charge in [0.2, 0.25) is 0 Å². The van der Waals surface area contributed by atoms with Gasteiger partial charge in [-0.15, -0.1) is 0 Å². The monoisotopic (exact) mass is 357 g/mol. The minimum absolute atomic E-state index is 0.0165. The number of morpholine rings is 1. The number of nitrogens with one attached hydrogen (secondary N) is 1. The number of nitrogens with two attached hydrogens (primary N) is 1. The fourth-order valence-corrected chi connectivity index (χ4v) is 2.95. The number of primary amides is 1. The smallest absolute Gasteiger partial charge is 0.267 e. The highest BCUT2D eigenvalue weighted by atomic mass is 19.1. The molecule has 0 spiro atoms. The third kappa shape index (κ3) is 4.12. The van der Waals surface area contributed by atoms with Gasteiger partial charge in [0.25, 0.3) is 5.91 Å². The molecule has 0 aliphatic carbocycles. The Kier molecular flexibility index (Phi) is 5.39. The number of nitrogens with zero attached hydrogens (tertiary/aromatic N) is 1. The number of amides is 1. The standard InChI is InChI=1S/C19H20FN3O3/c1-11-6-13(9-16(23-11)19(21)25)17(24)8-12-2-3-14(15(20)7-12)18-10-22-4-5-26-18/h2-3,6-7,9,18,22H,4-5,8,10H2,1H3,(H2,21,25)/t18-/m1/s1. The molecule has 0 radical (unpaired) electrons. The van der Waals surface area contributed by atoms with Gasteiger partial charge in [-0.25, -0.2) is 9.37 Å². The molecule has 2 aromatic rings. The van der Waals surface area contributed by atoms with Gasteiger partial charge in [0.1, 0.15) is 11.5 Å². The minimum Gasteiger partial charge on any atom is -0.371 e. The minimum atomic E-state index is -0.695. The van der Waals surface area contributed by atoms with Crippen LogP contribution in [0.2, 0.25) is 0 Å². The molecule has 1 aromatic heterocycles. The number of halogens is 1. The first-order chi connectivity index (χ1) is 12.4. The van der Waals surface area contributed by atoms with Gasteiger partial charge in [0.05, 0.1) is 12.7 Å². The summed E-state index contributed by atoms with van der Waals surface area (Å²) in [7, 11) is 0. The fourth-order valence-electron chi connectivity index (χ4n) is 2.95. The maximum absolute atomic E-state index is 14.4. The van der Waals surface area contributed by atoms with E-state index < -0.39 is 11.7 Å². The lowest BCUT2D eigenvalue weighted by Gasteiger charge is -2.24. The molecule has 0 bridgehead atoms. The predicted molar refractivity (Wildman–Crippen MR) is 93.5 cm³/mol. The zero-order valence-corrected chi connectivity index (χ0v) is 14.4. The van der Waals surface area contributed by atoms with Crippen LogP contribution in [-0.2, 0) is 11.2 Å². The van der Waals surface area contributed by atoms with E-state index in [-0.39, 0.29) is 24.0 Å². The van der Waals surface area contributed by atoms with Crippen LogP contribution in [0.1, 0.15) is 43.8 Å². The van der Waals surface area contributed by atoms with E-state index in [4.69, 9.17) is 10.5 Å². The number of carbonyl (C=O) groups excluding carboxylic acids is 2. The van der Waals surface area contributed by atoms with Crippen LogP contribution < -0.4 is 11.1 Å². The molecule has 1 aliphatic heterocycles. The Morgan fingerprint density at radius 3 is 2.81 bits per heavy atom. The normalized spacial score (nSPS) is 17.1. The average Bonchev–Trinajstić information content (AvgIpc) is 2.62.